The van der Waals surface area contributed by atoms with Gasteiger partial charge in [0, 0.05) is 0 Å². The van der Waals surface area contributed by atoms with E-state index in [1.165, 1.54) is 10.4 Å². The molecule has 0 aliphatic heterocycles. The highest BCUT2D eigenvalue weighted by molar-refractivity contribution is 6.99. The highest BCUT2D eigenvalue weighted by Crippen LogP contribution is 2.37. The third kappa shape index (κ3) is 3.38. The number of nitrogens with one attached hydrogen (secondary N) is 1. The molecule has 122 valence electrons. The Bertz CT molecular complexity index is 611. The van der Waals surface area contributed by atoms with Gasteiger partial charge in [-0.25, -0.2) is 0 Å². The fraction of sp³-hybridized carbons (Fsp3) is 0.316. The first kappa shape index (κ1) is 17.4. The lowest BCUT2D eigenvalue weighted by atomic mass is 10.2. The van der Waals surface area contributed by atoms with Crippen LogP contribution in [0.3, 0.4) is 0 Å². The van der Waals surface area contributed by atoms with Crippen LogP contribution in [-0.2, 0) is 4.43 Å². The highest BCUT2D eigenvalue weighted by atomic mass is 28.4. The minimum atomic E-state index is -2.60. The zero-order valence-electron chi connectivity index (χ0n) is 14.3. The van der Waals surface area contributed by atoms with Gasteiger partial charge in [-0.2, -0.15) is 0 Å². The van der Waals surface area contributed by atoms with Crippen molar-refractivity contribution < 1.29 is 4.43 Å². The van der Waals surface area contributed by atoms with Gasteiger partial charge < -0.3 is 10.2 Å². The Balaban J connectivity index is 2.72. The molecule has 3 N–H and O–H groups in total. The molecule has 0 saturated heterocycles. The number of nitrogens with two attached hydrogens (primary N) is 1. The quantitative estimate of drug-likeness (QED) is 0.504. The van der Waals surface area contributed by atoms with Gasteiger partial charge in [0.15, 0.2) is 0 Å². The molecule has 0 radical (unpaired) electrons. The molecule has 0 fully saturated rings. The Kier molecular flexibility index (Phi) is 5.07. The monoisotopic (exact) mass is 326 g/mol. The normalized spacial score (nSPS) is 13.6. The van der Waals surface area contributed by atoms with Gasteiger partial charge in [-0.15, -0.1) is 0 Å². The molecule has 0 aliphatic rings. The summed E-state index contributed by atoms with van der Waals surface area (Å²) in [6.07, 6.45) is -0.415. The van der Waals surface area contributed by atoms with Crippen LogP contribution in [0.4, 0.5) is 0 Å². The summed E-state index contributed by atoms with van der Waals surface area (Å²) in [5.41, 5.74) is 5.72. The Labute approximate surface area is 140 Å². The van der Waals surface area contributed by atoms with Gasteiger partial charge in [-0.3, -0.25) is 5.41 Å². The predicted octanol–water partition coefficient (Wildman–Crippen LogP) is 2.89. The average Bonchev–Trinajstić information content (AvgIpc) is 2.52. The lowest BCUT2D eigenvalue weighted by Gasteiger charge is -2.44. The van der Waals surface area contributed by atoms with Crippen molar-refractivity contribution in [3.8, 4) is 0 Å². The Morgan fingerprint density at radius 3 is 1.65 bits per heavy atom. The van der Waals surface area contributed by atoms with Gasteiger partial charge in [-0.05, 0) is 22.3 Å². The molecule has 0 unspecified atom stereocenters. The van der Waals surface area contributed by atoms with Crippen LogP contribution < -0.4 is 16.1 Å². The zero-order valence-corrected chi connectivity index (χ0v) is 15.3. The SMILES string of the molecule is C[C@@H](O[Si](c1ccccc1)(c1ccccc1)C(C)(C)C)C(=N)N. The summed E-state index contributed by atoms with van der Waals surface area (Å²) in [6.45, 7) is 8.51. The van der Waals surface area contributed by atoms with E-state index in [-0.39, 0.29) is 10.9 Å². The van der Waals surface area contributed by atoms with E-state index in [0.29, 0.717) is 0 Å². The molecule has 0 aromatic heterocycles. The molecular formula is C19H26N2OSi. The van der Waals surface area contributed by atoms with Crippen LogP contribution in [-0.4, -0.2) is 20.3 Å². The summed E-state index contributed by atoms with van der Waals surface area (Å²) in [6, 6.07) is 20.8. The second-order valence-corrected chi connectivity index (χ2v) is 11.1. The maximum absolute atomic E-state index is 7.78. The van der Waals surface area contributed by atoms with Crippen molar-refractivity contribution in [2.45, 2.75) is 38.8 Å². The van der Waals surface area contributed by atoms with Crippen LogP contribution in [0.1, 0.15) is 27.7 Å². The van der Waals surface area contributed by atoms with Crippen molar-refractivity contribution in [2.75, 3.05) is 0 Å². The van der Waals surface area contributed by atoms with Crippen molar-refractivity contribution in [3.05, 3.63) is 60.7 Å². The number of amidine groups is 1. The highest BCUT2D eigenvalue weighted by Gasteiger charge is 2.51. The first-order valence-corrected chi connectivity index (χ1v) is 9.82. The summed E-state index contributed by atoms with van der Waals surface area (Å²) < 4.78 is 6.63. The van der Waals surface area contributed by atoms with E-state index < -0.39 is 14.4 Å². The fourth-order valence-corrected chi connectivity index (χ4v) is 7.69. The molecule has 0 aliphatic carbocycles. The predicted molar refractivity (Wildman–Crippen MR) is 100 cm³/mol. The smallest absolute Gasteiger partial charge is 0.262 e. The van der Waals surface area contributed by atoms with E-state index >= 15 is 0 Å². The lowest BCUT2D eigenvalue weighted by molar-refractivity contribution is 0.266. The van der Waals surface area contributed by atoms with Crippen molar-refractivity contribution in [1.82, 2.24) is 0 Å². The zero-order chi connectivity index (χ0) is 17.1. The molecule has 2 aromatic rings. The minimum Gasteiger partial charge on any atom is -0.398 e. The molecule has 2 aromatic carbocycles. The van der Waals surface area contributed by atoms with Crippen LogP contribution in [0.15, 0.2) is 60.7 Å². The molecule has 23 heavy (non-hydrogen) atoms. The Morgan fingerprint density at radius 2 is 1.35 bits per heavy atom. The van der Waals surface area contributed by atoms with Gasteiger partial charge in [0.25, 0.3) is 8.32 Å². The second kappa shape index (κ2) is 6.68. The summed E-state index contributed by atoms with van der Waals surface area (Å²) >= 11 is 0. The van der Waals surface area contributed by atoms with E-state index in [1.807, 2.05) is 43.3 Å². The summed E-state index contributed by atoms with van der Waals surface area (Å²) in [5, 5.41) is 10.1. The van der Waals surface area contributed by atoms with Gasteiger partial charge in [0.2, 0.25) is 0 Å². The first-order chi connectivity index (χ1) is 10.8. The van der Waals surface area contributed by atoms with E-state index in [9.17, 15) is 0 Å². The molecule has 4 heteroatoms. The molecule has 0 spiro atoms. The third-order valence-electron chi connectivity index (χ3n) is 4.21. The summed E-state index contributed by atoms with van der Waals surface area (Å²) in [5.74, 6) is 0.0676. The molecule has 0 heterocycles. The second-order valence-electron chi connectivity index (χ2n) is 6.88. The number of benzene rings is 2. The number of hydrogen-bond acceptors (Lipinski definition) is 2. The molecule has 0 amide bonds. The van der Waals surface area contributed by atoms with Crippen molar-refractivity contribution in [1.29, 1.82) is 5.41 Å². The molecule has 1 atom stereocenters. The van der Waals surface area contributed by atoms with Gasteiger partial charge in [0.05, 0.1) is 6.10 Å². The van der Waals surface area contributed by atoms with Crippen molar-refractivity contribution in [3.63, 3.8) is 0 Å². The fourth-order valence-electron chi connectivity index (χ4n) is 3.02. The lowest BCUT2D eigenvalue weighted by Crippen LogP contribution is -2.68. The van der Waals surface area contributed by atoms with E-state index in [4.69, 9.17) is 15.6 Å². The number of hydrogen-bond donors (Lipinski definition) is 2. The van der Waals surface area contributed by atoms with E-state index in [2.05, 4.69) is 45.0 Å². The average molecular weight is 327 g/mol. The van der Waals surface area contributed by atoms with Crippen molar-refractivity contribution >= 4 is 24.5 Å². The molecule has 0 bridgehead atoms. The van der Waals surface area contributed by atoms with E-state index in [0.717, 1.165) is 0 Å². The number of rotatable bonds is 5. The minimum absolute atomic E-state index is 0.0676. The maximum atomic E-state index is 7.78. The Morgan fingerprint density at radius 1 is 0.957 bits per heavy atom. The molecule has 0 saturated carbocycles. The topological polar surface area (TPSA) is 59.1 Å². The first-order valence-electron chi connectivity index (χ1n) is 7.92. The Hall–Kier alpha value is -1.91. The molecular weight excluding hydrogens is 300 g/mol. The van der Waals surface area contributed by atoms with E-state index in [1.54, 1.807) is 0 Å². The van der Waals surface area contributed by atoms with Crippen LogP contribution >= 0.6 is 0 Å². The van der Waals surface area contributed by atoms with Crippen LogP contribution in [0.5, 0.6) is 0 Å². The molecule has 3 nitrogen and oxygen atoms in total. The van der Waals surface area contributed by atoms with Gasteiger partial charge >= 0.3 is 0 Å². The van der Waals surface area contributed by atoms with Crippen LogP contribution in [0.2, 0.25) is 5.04 Å². The van der Waals surface area contributed by atoms with Gasteiger partial charge in [0.1, 0.15) is 5.84 Å². The summed E-state index contributed by atoms with van der Waals surface area (Å²) in [4.78, 5) is 0. The van der Waals surface area contributed by atoms with Crippen molar-refractivity contribution in [2.24, 2.45) is 5.73 Å². The largest absolute Gasteiger partial charge is 0.398 e. The molecule has 2 rings (SSSR count). The maximum Gasteiger partial charge on any atom is 0.262 e. The van der Waals surface area contributed by atoms with Gasteiger partial charge in [-0.1, -0.05) is 81.4 Å². The third-order valence-corrected chi connectivity index (χ3v) is 9.32. The summed E-state index contributed by atoms with van der Waals surface area (Å²) in [7, 11) is -2.60. The van der Waals surface area contributed by atoms with Crippen LogP contribution in [0, 0.1) is 5.41 Å². The van der Waals surface area contributed by atoms with Crippen LogP contribution in [0.25, 0.3) is 0 Å². The standard InChI is InChI=1S/C19H26N2OSi/c1-15(18(20)21)22-23(19(2,3)4,16-11-7-5-8-12-16)17-13-9-6-10-14-17/h5-15H,1-4H3,(H3,20,21)/t15-/m1/s1.